The summed E-state index contributed by atoms with van der Waals surface area (Å²) in [6.45, 7) is 3.06. The van der Waals surface area contributed by atoms with Crippen molar-refractivity contribution < 1.29 is 0 Å². The van der Waals surface area contributed by atoms with Crippen LogP contribution in [0.3, 0.4) is 0 Å². The second kappa shape index (κ2) is 5.64. The van der Waals surface area contributed by atoms with E-state index in [1.165, 1.54) is 22.9 Å². The highest BCUT2D eigenvalue weighted by atomic mass is 79.9. The van der Waals surface area contributed by atoms with Crippen LogP contribution in [0.2, 0.25) is 0 Å². The number of hydrogen-bond acceptors (Lipinski definition) is 2. The van der Waals surface area contributed by atoms with E-state index in [2.05, 4.69) is 44.8 Å². The van der Waals surface area contributed by atoms with Crippen molar-refractivity contribution in [3.05, 3.63) is 34.3 Å². The van der Waals surface area contributed by atoms with E-state index >= 15 is 0 Å². The minimum absolute atomic E-state index is 0.815. The lowest BCUT2D eigenvalue weighted by molar-refractivity contribution is 0.608. The van der Waals surface area contributed by atoms with Gasteiger partial charge >= 0.3 is 0 Å². The molecule has 0 amide bonds. The van der Waals surface area contributed by atoms with Crippen LogP contribution in [0.25, 0.3) is 0 Å². The van der Waals surface area contributed by atoms with Gasteiger partial charge in [-0.25, -0.2) is 0 Å². The summed E-state index contributed by atoms with van der Waals surface area (Å²) in [7, 11) is 0. The number of nitrogens with one attached hydrogen (secondary N) is 2. The largest absolute Gasteiger partial charge is 0.313 e. The highest BCUT2D eigenvalue weighted by Gasteiger charge is 2.19. The molecule has 0 heterocycles. The summed E-state index contributed by atoms with van der Waals surface area (Å²) < 4.78 is 1.19. The first-order valence-corrected chi connectivity index (χ1v) is 6.33. The van der Waals surface area contributed by atoms with Crippen LogP contribution < -0.4 is 10.6 Å². The number of rotatable bonds is 6. The zero-order valence-corrected chi connectivity index (χ0v) is 10.4. The first-order valence-electron chi connectivity index (χ1n) is 5.54. The van der Waals surface area contributed by atoms with Gasteiger partial charge in [-0.1, -0.05) is 34.1 Å². The summed E-state index contributed by atoms with van der Waals surface area (Å²) in [5, 5.41) is 6.92. The van der Waals surface area contributed by atoms with E-state index in [0.29, 0.717) is 0 Å². The zero-order valence-electron chi connectivity index (χ0n) is 8.80. The van der Waals surface area contributed by atoms with E-state index in [1.54, 1.807) is 0 Å². The number of hydrogen-bond donors (Lipinski definition) is 2. The molecular formula is C12H17BrN2. The second-order valence-electron chi connectivity index (χ2n) is 4.00. The van der Waals surface area contributed by atoms with Crippen LogP contribution >= 0.6 is 15.9 Å². The molecule has 0 atom stereocenters. The molecule has 2 nitrogen and oxygen atoms in total. The van der Waals surface area contributed by atoms with Gasteiger partial charge in [0, 0.05) is 30.1 Å². The Morgan fingerprint density at radius 2 is 2.00 bits per heavy atom. The molecule has 0 spiro atoms. The van der Waals surface area contributed by atoms with Crippen molar-refractivity contribution in [3.8, 4) is 0 Å². The van der Waals surface area contributed by atoms with Crippen LogP contribution in [0.1, 0.15) is 18.4 Å². The smallest absolute Gasteiger partial charge is 0.0220 e. The minimum atomic E-state index is 0.815. The fraction of sp³-hybridized carbons (Fsp3) is 0.500. The molecule has 15 heavy (non-hydrogen) atoms. The Morgan fingerprint density at radius 3 is 2.73 bits per heavy atom. The minimum Gasteiger partial charge on any atom is -0.313 e. The molecule has 0 bridgehead atoms. The topological polar surface area (TPSA) is 24.1 Å². The monoisotopic (exact) mass is 268 g/mol. The first-order chi connectivity index (χ1) is 7.36. The standard InChI is InChI=1S/C12H17BrN2/c13-12-4-2-1-3-10(12)9-14-7-8-15-11-5-6-11/h1-4,11,14-15H,5-9H2. The molecule has 0 radical (unpaired) electrons. The molecular weight excluding hydrogens is 252 g/mol. The molecule has 0 unspecified atom stereocenters. The van der Waals surface area contributed by atoms with E-state index in [4.69, 9.17) is 0 Å². The van der Waals surface area contributed by atoms with E-state index in [-0.39, 0.29) is 0 Å². The van der Waals surface area contributed by atoms with Crippen molar-refractivity contribution in [1.82, 2.24) is 10.6 Å². The maximum atomic E-state index is 3.54. The Morgan fingerprint density at radius 1 is 1.20 bits per heavy atom. The van der Waals surface area contributed by atoms with Crippen molar-refractivity contribution in [2.75, 3.05) is 13.1 Å². The fourth-order valence-corrected chi connectivity index (χ4v) is 1.94. The second-order valence-corrected chi connectivity index (χ2v) is 4.85. The lowest BCUT2D eigenvalue weighted by atomic mass is 10.2. The average Bonchev–Trinajstić information content (AvgIpc) is 3.04. The van der Waals surface area contributed by atoms with Gasteiger partial charge in [0.15, 0.2) is 0 Å². The molecule has 1 aromatic rings. The van der Waals surface area contributed by atoms with Crippen LogP contribution in [-0.2, 0) is 6.54 Å². The predicted octanol–water partition coefficient (Wildman–Crippen LogP) is 2.29. The molecule has 1 aromatic carbocycles. The zero-order chi connectivity index (χ0) is 10.5. The third-order valence-corrected chi connectivity index (χ3v) is 3.36. The highest BCUT2D eigenvalue weighted by Crippen LogP contribution is 2.18. The Balaban J connectivity index is 1.62. The van der Waals surface area contributed by atoms with Gasteiger partial charge in [0.1, 0.15) is 0 Å². The van der Waals surface area contributed by atoms with Gasteiger partial charge in [-0.05, 0) is 24.5 Å². The van der Waals surface area contributed by atoms with Gasteiger partial charge in [0.2, 0.25) is 0 Å². The Labute approximate surface area is 99.6 Å². The molecule has 3 heteroatoms. The SMILES string of the molecule is Brc1ccccc1CNCCNC1CC1. The molecule has 1 aliphatic rings. The lowest BCUT2D eigenvalue weighted by Crippen LogP contribution is -2.28. The fourth-order valence-electron chi connectivity index (χ4n) is 1.52. The molecule has 0 aliphatic heterocycles. The summed E-state index contributed by atoms with van der Waals surface area (Å²) in [6, 6.07) is 9.16. The van der Waals surface area contributed by atoms with Crippen molar-refractivity contribution in [3.63, 3.8) is 0 Å². The molecule has 1 fully saturated rings. The average molecular weight is 269 g/mol. The number of benzene rings is 1. The van der Waals surface area contributed by atoms with Gasteiger partial charge in [0.05, 0.1) is 0 Å². The van der Waals surface area contributed by atoms with Crippen LogP contribution in [0, 0.1) is 0 Å². The van der Waals surface area contributed by atoms with Gasteiger partial charge in [0.25, 0.3) is 0 Å². The van der Waals surface area contributed by atoms with Crippen LogP contribution in [0.15, 0.2) is 28.7 Å². The lowest BCUT2D eigenvalue weighted by Gasteiger charge is -2.07. The van der Waals surface area contributed by atoms with Crippen molar-refractivity contribution in [2.45, 2.75) is 25.4 Å². The molecule has 82 valence electrons. The summed E-state index contributed by atoms with van der Waals surface area (Å²) in [6.07, 6.45) is 2.73. The Bertz CT molecular complexity index is 310. The predicted molar refractivity (Wildman–Crippen MR) is 66.9 cm³/mol. The van der Waals surface area contributed by atoms with E-state index in [0.717, 1.165) is 25.7 Å². The summed E-state index contributed by atoms with van der Waals surface area (Å²) in [5.41, 5.74) is 1.32. The van der Waals surface area contributed by atoms with Crippen LogP contribution in [0.5, 0.6) is 0 Å². The van der Waals surface area contributed by atoms with Crippen LogP contribution in [-0.4, -0.2) is 19.1 Å². The van der Waals surface area contributed by atoms with Gasteiger partial charge in [-0.3, -0.25) is 0 Å². The molecule has 0 saturated heterocycles. The maximum absolute atomic E-state index is 3.54. The van der Waals surface area contributed by atoms with Gasteiger partial charge in [-0.2, -0.15) is 0 Å². The first kappa shape index (κ1) is 11.1. The normalized spacial score (nSPS) is 15.5. The van der Waals surface area contributed by atoms with E-state index < -0.39 is 0 Å². The maximum Gasteiger partial charge on any atom is 0.0220 e. The molecule has 1 saturated carbocycles. The molecule has 2 rings (SSSR count). The highest BCUT2D eigenvalue weighted by molar-refractivity contribution is 9.10. The molecule has 0 aromatic heterocycles. The van der Waals surface area contributed by atoms with Crippen molar-refractivity contribution in [2.24, 2.45) is 0 Å². The van der Waals surface area contributed by atoms with E-state index in [9.17, 15) is 0 Å². The molecule has 2 N–H and O–H groups in total. The molecule has 1 aliphatic carbocycles. The third kappa shape index (κ3) is 3.93. The van der Waals surface area contributed by atoms with Crippen molar-refractivity contribution >= 4 is 15.9 Å². The summed E-state index contributed by atoms with van der Waals surface area (Å²) in [4.78, 5) is 0. The third-order valence-electron chi connectivity index (χ3n) is 2.59. The van der Waals surface area contributed by atoms with E-state index in [1.807, 2.05) is 6.07 Å². The van der Waals surface area contributed by atoms with Gasteiger partial charge in [-0.15, -0.1) is 0 Å². The Hall–Kier alpha value is -0.380. The Kier molecular flexibility index (Phi) is 4.18. The van der Waals surface area contributed by atoms with Gasteiger partial charge < -0.3 is 10.6 Å². The van der Waals surface area contributed by atoms with Crippen LogP contribution in [0.4, 0.5) is 0 Å². The van der Waals surface area contributed by atoms with Crippen molar-refractivity contribution in [1.29, 1.82) is 0 Å². The quantitative estimate of drug-likeness (QED) is 0.774. The summed E-state index contributed by atoms with van der Waals surface area (Å²) in [5.74, 6) is 0. The summed E-state index contributed by atoms with van der Waals surface area (Å²) >= 11 is 3.54. The number of halogens is 1.